The van der Waals surface area contributed by atoms with Crippen LogP contribution in [0.2, 0.25) is 0 Å². The number of rotatable bonds is 5. The van der Waals surface area contributed by atoms with Crippen LogP contribution in [0, 0.1) is 6.92 Å². The lowest BCUT2D eigenvalue weighted by Crippen LogP contribution is -2.22. The Morgan fingerprint density at radius 1 is 1.13 bits per heavy atom. The smallest absolute Gasteiger partial charge is 0.251 e. The predicted octanol–water partition coefficient (Wildman–Crippen LogP) is 3.17. The second-order valence-electron chi connectivity index (χ2n) is 5.60. The van der Waals surface area contributed by atoms with Crippen LogP contribution in [0.25, 0.3) is 0 Å². The van der Waals surface area contributed by atoms with Crippen LogP contribution in [0.3, 0.4) is 0 Å². The molecule has 1 amide bonds. The van der Waals surface area contributed by atoms with Crippen molar-refractivity contribution in [1.29, 1.82) is 0 Å². The van der Waals surface area contributed by atoms with E-state index in [1.54, 1.807) is 12.5 Å². The molecule has 0 spiro atoms. The van der Waals surface area contributed by atoms with Gasteiger partial charge in [-0.25, -0.2) is 4.98 Å². The van der Waals surface area contributed by atoms with Crippen molar-refractivity contribution >= 4 is 5.91 Å². The van der Waals surface area contributed by atoms with Gasteiger partial charge in [0.15, 0.2) is 0 Å². The first-order valence-electron chi connectivity index (χ1n) is 7.59. The highest BCUT2D eigenvalue weighted by molar-refractivity contribution is 5.94. The van der Waals surface area contributed by atoms with Gasteiger partial charge in [-0.1, -0.05) is 42.0 Å². The van der Waals surface area contributed by atoms with Crippen LogP contribution >= 0.6 is 0 Å². The topological polar surface area (TPSA) is 46.9 Å². The molecule has 1 N–H and O–H groups in total. The molecule has 4 nitrogen and oxygen atoms in total. The minimum absolute atomic E-state index is 0.0509. The molecule has 0 aliphatic rings. The van der Waals surface area contributed by atoms with E-state index in [1.165, 1.54) is 5.56 Å². The monoisotopic (exact) mass is 305 g/mol. The number of aryl methyl sites for hydroxylation is 1. The van der Waals surface area contributed by atoms with Crippen LogP contribution in [0.15, 0.2) is 67.3 Å². The maximum Gasteiger partial charge on any atom is 0.251 e. The molecule has 3 rings (SSSR count). The highest BCUT2D eigenvalue weighted by atomic mass is 16.1. The van der Waals surface area contributed by atoms with E-state index in [4.69, 9.17) is 0 Å². The summed E-state index contributed by atoms with van der Waals surface area (Å²) >= 11 is 0. The van der Waals surface area contributed by atoms with Gasteiger partial charge in [0.1, 0.15) is 0 Å². The summed E-state index contributed by atoms with van der Waals surface area (Å²) in [5.41, 5.74) is 4.10. The fourth-order valence-electron chi connectivity index (χ4n) is 2.42. The van der Waals surface area contributed by atoms with Gasteiger partial charge in [-0.3, -0.25) is 4.79 Å². The predicted molar refractivity (Wildman–Crippen MR) is 90.1 cm³/mol. The molecule has 4 heteroatoms. The number of nitrogens with zero attached hydrogens (tertiary/aromatic N) is 2. The minimum Gasteiger partial charge on any atom is -0.348 e. The highest BCUT2D eigenvalue weighted by Gasteiger charge is 2.05. The lowest BCUT2D eigenvalue weighted by Gasteiger charge is -2.08. The first-order chi connectivity index (χ1) is 11.2. The maximum atomic E-state index is 12.1. The fourth-order valence-corrected chi connectivity index (χ4v) is 2.42. The van der Waals surface area contributed by atoms with Gasteiger partial charge in [-0.2, -0.15) is 0 Å². The summed E-state index contributed by atoms with van der Waals surface area (Å²) in [7, 11) is 0. The third-order valence-electron chi connectivity index (χ3n) is 3.68. The second-order valence-corrected chi connectivity index (χ2v) is 5.60. The van der Waals surface area contributed by atoms with E-state index in [-0.39, 0.29) is 5.91 Å². The summed E-state index contributed by atoms with van der Waals surface area (Å²) in [6.45, 7) is 3.30. The van der Waals surface area contributed by atoms with E-state index < -0.39 is 0 Å². The van der Waals surface area contributed by atoms with Gasteiger partial charge in [-0.15, -0.1) is 0 Å². The number of amides is 1. The highest BCUT2D eigenvalue weighted by Crippen LogP contribution is 2.08. The Hall–Kier alpha value is -2.88. The van der Waals surface area contributed by atoms with Crippen molar-refractivity contribution in [3.63, 3.8) is 0 Å². The van der Waals surface area contributed by atoms with Gasteiger partial charge in [-0.05, 0) is 30.2 Å². The largest absolute Gasteiger partial charge is 0.348 e. The number of carbonyl (C=O) groups excluding carboxylic acids is 1. The molecule has 1 heterocycles. The molecular formula is C19H19N3O. The summed E-state index contributed by atoms with van der Waals surface area (Å²) in [5.74, 6) is -0.0509. The minimum atomic E-state index is -0.0509. The molecule has 0 fully saturated rings. The molecular weight excluding hydrogens is 286 g/mol. The standard InChI is InChI=1S/C19H19N3O/c1-15-5-7-18(8-6-15)19(23)21-12-16-3-2-4-17(11-16)13-22-10-9-20-14-22/h2-11,14H,12-13H2,1H3,(H,21,23). The van der Waals surface area contributed by atoms with Gasteiger partial charge in [0.25, 0.3) is 5.91 Å². The molecule has 0 aliphatic carbocycles. The van der Waals surface area contributed by atoms with E-state index >= 15 is 0 Å². The van der Waals surface area contributed by atoms with E-state index in [0.29, 0.717) is 12.1 Å². The molecule has 2 aromatic carbocycles. The number of benzene rings is 2. The molecule has 0 atom stereocenters. The number of aromatic nitrogens is 2. The molecule has 0 bridgehead atoms. The Morgan fingerprint density at radius 3 is 2.65 bits per heavy atom. The van der Waals surface area contributed by atoms with Crippen LogP contribution in [-0.4, -0.2) is 15.5 Å². The van der Waals surface area contributed by atoms with Crippen molar-refractivity contribution < 1.29 is 4.79 Å². The van der Waals surface area contributed by atoms with Crippen LogP contribution in [-0.2, 0) is 13.1 Å². The first kappa shape index (κ1) is 15.0. The number of imidazole rings is 1. The zero-order chi connectivity index (χ0) is 16.1. The van der Waals surface area contributed by atoms with Crippen molar-refractivity contribution in [2.45, 2.75) is 20.0 Å². The van der Waals surface area contributed by atoms with E-state index in [2.05, 4.69) is 22.4 Å². The summed E-state index contributed by atoms with van der Waals surface area (Å²) in [5, 5.41) is 2.96. The maximum absolute atomic E-state index is 12.1. The molecule has 0 unspecified atom stereocenters. The van der Waals surface area contributed by atoms with Crippen molar-refractivity contribution in [1.82, 2.24) is 14.9 Å². The Labute approximate surface area is 135 Å². The molecule has 3 aromatic rings. The lowest BCUT2D eigenvalue weighted by molar-refractivity contribution is 0.0951. The van der Waals surface area contributed by atoms with Gasteiger partial charge in [0, 0.05) is 31.0 Å². The Balaban J connectivity index is 1.61. The van der Waals surface area contributed by atoms with Crippen LogP contribution in [0.5, 0.6) is 0 Å². The van der Waals surface area contributed by atoms with Crippen LogP contribution in [0.4, 0.5) is 0 Å². The summed E-state index contributed by atoms with van der Waals surface area (Å²) in [4.78, 5) is 16.2. The van der Waals surface area contributed by atoms with Gasteiger partial charge in [0.05, 0.1) is 6.33 Å². The fraction of sp³-hybridized carbons (Fsp3) is 0.158. The summed E-state index contributed by atoms with van der Waals surface area (Å²) in [6.07, 6.45) is 5.50. The average Bonchev–Trinajstić information content (AvgIpc) is 3.07. The average molecular weight is 305 g/mol. The quantitative estimate of drug-likeness (QED) is 0.787. The second kappa shape index (κ2) is 6.92. The zero-order valence-electron chi connectivity index (χ0n) is 13.1. The normalized spacial score (nSPS) is 10.5. The molecule has 116 valence electrons. The van der Waals surface area contributed by atoms with E-state index in [9.17, 15) is 4.79 Å². The van der Waals surface area contributed by atoms with Crippen molar-refractivity contribution in [2.75, 3.05) is 0 Å². The van der Waals surface area contributed by atoms with Gasteiger partial charge < -0.3 is 9.88 Å². The van der Waals surface area contributed by atoms with Gasteiger partial charge in [0.2, 0.25) is 0 Å². The number of hydrogen-bond acceptors (Lipinski definition) is 2. The van der Waals surface area contributed by atoms with Crippen molar-refractivity contribution in [3.8, 4) is 0 Å². The van der Waals surface area contributed by atoms with Crippen LogP contribution < -0.4 is 5.32 Å². The number of hydrogen-bond donors (Lipinski definition) is 1. The van der Waals surface area contributed by atoms with Crippen molar-refractivity contribution in [3.05, 3.63) is 89.5 Å². The Kier molecular flexibility index (Phi) is 4.52. The number of carbonyl (C=O) groups is 1. The SMILES string of the molecule is Cc1ccc(C(=O)NCc2cccc(Cn3ccnc3)c2)cc1. The third kappa shape index (κ3) is 4.07. The molecule has 0 aliphatic heterocycles. The third-order valence-corrected chi connectivity index (χ3v) is 3.68. The molecule has 0 radical (unpaired) electrons. The molecule has 0 saturated carbocycles. The molecule has 1 aromatic heterocycles. The Morgan fingerprint density at radius 2 is 1.91 bits per heavy atom. The van der Waals surface area contributed by atoms with E-state index in [0.717, 1.165) is 17.7 Å². The van der Waals surface area contributed by atoms with E-state index in [1.807, 2.05) is 54.1 Å². The lowest BCUT2D eigenvalue weighted by atomic mass is 10.1. The number of nitrogens with one attached hydrogen (secondary N) is 1. The van der Waals surface area contributed by atoms with Crippen molar-refractivity contribution in [2.24, 2.45) is 0 Å². The Bertz CT molecular complexity index is 777. The van der Waals surface area contributed by atoms with Crippen LogP contribution in [0.1, 0.15) is 27.0 Å². The molecule has 23 heavy (non-hydrogen) atoms. The summed E-state index contributed by atoms with van der Waals surface area (Å²) < 4.78 is 2.02. The molecule has 0 saturated heterocycles. The van der Waals surface area contributed by atoms with Gasteiger partial charge >= 0.3 is 0 Å². The zero-order valence-corrected chi connectivity index (χ0v) is 13.1. The first-order valence-corrected chi connectivity index (χ1v) is 7.59. The summed E-state index contributed by atoms with van der Waals surface area (Å²) in [6, 6.07) is 15.8.